The molecule has 2 heterocycles. The van der Waals surface area contributed by atoms with E-state index in [-0.39, 0.29) is 5.56 Å². The van der Waals surface area contributed by atoms with Gasteiger partial charge in [-0.1, -0.05) is 23.7 Å². The Labute approximate surface area is 130 Å². The number of aromatic nitrogens is 2. The largest absolute Gasteiger partial charge is 0.478 e. The predicted molar refractivity (Wildman–Crippen MR) is 82.5 cm³/mol. The highest BCUT2D eigenvalue weighted by Gasteiger charge is 2.11. The number of halogens is 1. The van der Waals surface area contributed by atoms with Crippen molar-refractivity contribution in [1.82, 2.24) is 9.38 Å². The molecular formula is C15H11ClN4O2. The van der Waals surface area contributed by atoms with Crippen LogP contribution in [0.25, 0.3) is 5.65 Å². The fraction of sp³-hybridized carbons (Fsp3) is 0.0667. The lowest BCUT2D eigenvalue weighted by Crippen LogP contribution is -1.98. The van der Waals surface area contributed by atoms with Crippen molar-refractivity contribution in [2.24, 2.45) is 10.2 Å². The van der Waals surface area contributed by atoms with E-state index >= 15 is 0 Å². The molecule has 1 N–H and O–H groups in total. The molecule has 0 saturated carbocycles. The minimum atomic E-state index is -1.01. The van der Waals surface area contributed by atoms with Crippen LogP contribution in [-0.4, -0.2) is 20.5 Å². The Bertz CT molecular complexity index is 902. The molecule has 0 amide bonds. The summed E-state index contributed by atoms with van der Waals surface area (Å²) in [6.07, 6.45) is 1.47. The van der Waals surface area contributed by atoms with E-state index < -0.39 is 5.97 Å². The molecule has 0 aliphatic rings. The molecule has 6 nitrogen and oxygen atoms in total. The average molecular weight is 315 g/mol. The van der Waals surface area contributed by atoms with Gasteiger partial charge >= 0.3 is 5.97 Å². The zero-order valence-corrected chi connectivity index (χ0v) is 12.3. The van der Waals surface area contributed by atoms with Crippen LogP contribution in [-0.2, 0) is 0 Å². The quantitative estimate of drug-likeness (QED) is 0.727. The second-order valence-corrected chi connectivity index (χ2v) is 5.03. The van der Waals surface area contributed by atoms with Crippen molar-refractivity contribution in [2.75, 3.05) is 0 Å². The van der Waals surface area contributed by atoms with Gasteiger partial charge in [-0.05, 0) is 31.2 Å². The lowest BCUT2D eigenvalue weighted by atomic mass is 10.3. The number of nitrogens with zero attached hydrogens (tertiary/aromatic N) is 4. The number of rotatable bonds is 3. The van der Waals surface area contributed by atoms with Crippen LogP contribution in [0, 0.1) is 6.92 Å². The van der Waals surface area contributed by atoms with Gasteiger partial charge in [-0.15, -0.1) is 10.2 Å². The van der Waals surface area contributed by atoms with Crippen LogP contribution in [0.3, 0.4) is 0 Å². The highest BCUT2D eigenvalue weighted by atomic mass is 35.5. The van der Waals surface area contributed by atoms with Gasteiger partial charge in [0.05, 0.1) is 16.3 Å². The third-order valence-corrected chi connectivity index (χ3v) is 3.43. The van der Waals surface area contributed by atoms with Gasteiger partial charge in [0, 0.05) is 6.20 Å². The number of pyridine rings is 1. The van der Waals surface area contributed by atoms with Crippen molar-refractivity contribution in [3.8, 4) is 0 Å². The van der Waals surface area contributed by atoms with E-state index in [4.69, 9.17) is 16.7 Å². The van der Waals surface area contributed by atoms with E-state index in [1.807, 2.05) is 6.07 Å². The van der Waals surface area contributed by atoms with Gasteiger partial charge in [0.15, 0.2) is 5.82 Å². The molecule has 0 spiro atoms. The smallest absolute Gasteiger partial charge is 0.337 e. The summed E-state index contributed by atoms with van der Waals surface area (Å²) in [5.74, 6) is -0.541. The maximum absolute atomic E-state index is 11.1. The molecule has 2 aromatic heterocycles. The molecule has 0 bridgehead atoms. The summed E-state index contributed by atoms with van der Waals surface area (Å²) in [6.45, 7) is 1.79. The molecule has 0 aliphatic heterocycles. The Morgan fingerprint density at radius 1 is 1.23 bits per heavy atom. The zero-order valence-electron chi connectivity index (χ0n) is 11.6. The number of imidazole rings is 1. The van der Waals surface area contributed by atoms with Crippen LogP contribution in [0.4, 0.5) is 11.5 Å². The number of hydrogen-bond donors (Lipinski definition) is 1. The van der Waals surface area contributed by atoms with Crippen LogP contribution in [0.15, 0.2) is 52.8 Å². The number of aromatic carboxylic acids is 1. The molecule has 0 radical (unpaired) electrons. The first-order valence-electron chi connectivity index (χ1n) is 6.44. The Kier molecular flexibility index (Phi) is 3.60. The highest BCUT2D eigenvalue weighted by Crippen LogP contribution is 2.28. The molecule has 1 aromatic carbocycles. The third-order valence-electron chi connectivity index (χ3n) is 3.11. The van der Waals surface area contributed by atoms with Gasteiger partial charge in [0.2, 0.25) is 0 Å². The third kappa shape index (κ3) is 2.56. The maximum Gasteiger partial charge on any atom is 0.337 e. The fourth-order valence-corrected chi connectivity index (χ4v) is 2.20. The molecule has 7 heteroatoms. The Morgan fingerprint density at radius 2 is 2.00 bits per heavy atom. The zero-order chi connectivity index (χ0) is 15.7. The molecule has 22 heavy (non-hydrogen) atoms. The van der Waals surface area contributed by atoms with E-state index in [9.17, 15) is 4.79 Å². The maximum atomic E-state index is 11.1. The minimum absolute atomic E-state index is 0.152. The molecule has 0 saturated heterocycles. The van der Waals surface area contributed by atoms with Crippen molar-refractivity contribution >= 4 is 34.7 Å². The van der Waals surface area contributed by atoms with Crippen LogP contribution in [0.5, 0.6) is 0 Å². The lowest BCUT2D eigenvalue weighted by molar-refractivity contribution is 0.0696. The second-order valence-electron chi connectivity index (χ2n) is 4.62. The summed E-state index contributed by atoms with van der Waals surface area (Å²) >= 11 is 6.04. The van der Waals surface area contributed by atoms with Crippen molar-refractivity contribution < 1.29 is 9.90 Å². The van der Waals surface area contributed by atoms with Gasteiger partial charge in [0.1, 0.15) is 11.3 Å². The number of carboxylic acids is 1. The first-order chi connectivity index (χ1) is 10.6. The lowest BCUT2D eigenvalue weighted by Gasteiger charge is -1.99. The summed E-state index contributed by atoms with van der Waals surface area (Å²) in [4.78, 5) is 15.4. The summed E-state index contributed by atoms with van der Waals surface area (Å²) in [6, 6.07) is 10.2. The van der Waals surface area contributed by atoms with Gasteiger partial charge in [-0.3, -0.25) is 4.40 Å². The second kappa shape index (κ2) is 5.57. The minimum Gasteiger partial charge on any atom is -0.478 e. The first-order valence-corrected chi connectivity index (χ1v) is 6.82. The van der Waals surface area contributed by atoms with E-state index in [0.717, 1.165) is 0 Å². The van der Waals surface area contributed by atoms with Crippen molar-refractivity contribution in [3.05, 3.63) is 58.9 Å². The number of hydrogen-bond acceptors (Lipinski definition) is 4. The number of benzene rings is 1. The fourth-order valence-electron chi connectivity index (χ4n) is 2.03. The van der Waals surface area contributed by atoms with E-state index in [1.54, 1.807) is 35.6 Å². The normalized spacial score (nSPS) is 11.4. The monoisotopic (exact) mass is 314 g/mol. The van der Waals surface area contributed by atoms with E-state index in [2.05, 4.69) is 15.2 Å². The molecular weight excluding hydrogens is 304 g/mol. The first kappa shape index (κ1) is 14.2. The van der Waals surface area contributed by atoms with Crippen LogP contribution < -0.4 is 0 Å². The Morgan fingerprint density at radius 3 is 2.73 bits per heavy atom. The summed E-state index contributed by atoms with van der Waals surface area (Å²) in [5, 5.41) is 17.9. The van der Waals surface area contributed by atoms with Crippen molar-refractivity contribution in [2.45, 2.75) is 6.92 Å². The molecule has 0 unspecified atom stereocenters. The number of aryl methyl sites for hydroxylation is 1. The van der Waals surface area contributed by atoms with E-state index in [1.165, 1.54) is 12.3 Å². The molecule has 3 rings (SSSR count). The molecule has 0 fully saturated rings. The van der Waals surface area contributed by atoms with Crippen molar-refractivity contribution in [3.63, 3.8) is 0 Å². The van der Waals surface area contributed by atoms with Crippen LogP contribution >= 0.6 is 11.6 Å². The topological polar surface area (TPSA) is 79.3 Å². The number of fused-ring (bicyclic) bond motifs is 1. The number of carbonyl (C=O) groups is 1. The molecule has 0 atom stereocenters. The Balaban J connectivity index is 2.10. The average Bonchev–Trinajstić information content (AvgIpc) is 2.81. The Hall–Kier alpha value is -2.73. The van der Waals surface area contributed by atoms with Crippen LogP contribution in [0.1, 0.15) is 16.1 Å². The molecule has 0 aliphatic carbocycles. The van der Waals surface area contributed by atoms with Gasteiger partial charge < -0.3 is 5.11 Å². The van der Waals surface area contributed by atoms with Crippen LogP contribution in [0.2, 0.25) is 5.02 Å². The summed E-state index contributed by atoms with van der Waals surface area (Å²) < 4.78 is 1.60. The van der Waals surface area contributed by atoms with Gasteiger partial charge in [0.25, 0.3) is 0 Å². The summed E-state index contributed by atoms with van der Waals surface area (Å²) in [5.41, 5.74) is 1.95. The van der Waals surface area contributed by atoms with E-state index in [0.29, 0.717) is 27.9 Å². The van der Waals surface area contributed by atoms with Crippen molar-refractivity contribution in [1.29, 1.82) is 0 Å². The number of carboxylic acid groups (broad SMARTS) is 1. The van der Waals surface area contributed by atoms with Gasteiger partial charge in [-0.25, -0.2) is 9.78 Å². The summed E-state index contributed by atoms with van der Waals surface area (Å²) in [7, 11) is 0. The number of azo groups is 1. The molecule has 110 valence electrons. The SMILES string of the molecule is Cc1nc2ccc(C(=O)O)cn2c1N=Nc1ccccc1Cl. The highest BCUT2D eigenvalue weighted by molar-refractivity contribution is 6.32. The molecule has 3 aromatic rings. The predicted octanol–water partition coefficient (Wildman–Crippen LogP) is 4.41. The standard InChI is InChI=1S/C15H11ClN4O2/c1-9-14(19-18-12-5-3-2-4-11(12)16)20-8-10(15(21)22)6-7-13(20)17-9/h2-8H,1H3,(H,21,22). The van der Waals surface area contributed by atoms with Gasteiger partial charge in [-0.2, -0.15) is 0 Å².